The third-order valence-corrected chi connectivity index (χ3v) is 4.01. The largest absolute Gasteiger partial charge is 0.330 e. The standard InChI is InChI=1S/C10H25N3O2S/c1-4-13(5-2)9-10(3)12-16(14,15)8-6-7-11/h10,12H,4-9,11H2,1-3H3. The molecule has 3 N–H and O–H groups in total. The van der Waals surface area contributed by atoms with Gasteiger partial charge in [0.05, 0.1) is 5.75 Å². The van der Waals surface area contributed by atoms with Crippen LogP contribution in [0.15, 0.2) is 0 Å². The Morgan fingerprint density at radius 2 is 1.88 bits per heavy atom. The van der Waals surface area contributed by atoms with Gasteiger partial charge in [-0.05, 0) is 33.0 Å². The number of sulfonamides is 1. The van der Waals surface area contributed by atoms with Gasteiger partial charge in [0.2, 0.25) is 10.0 Å². The van der Waals surface area contributed by atoms with Gasteiger partial charge in [0.15, 0.2) is 0 Å². The number of hydrogen-bond donors (Lipinski definition) is 2. The van der Waals surface area contributed by atoms with E-state index >= 15 is 0 Å². The molecule has 0 aliphatic carbocycles. The molecular weight excluding hydrogens is 226 g/mol. The Kier molecular flexibility index (Phi) is 7.91. The summed E-state index contributed by atoms with van der Waals surface area (Å²) in [6.07, 6.45) is 0.507. The van der Waals surface area contributed by atoms with E-state index in [2.05, 4.69) is 23.5 Å². The number of nitrogens with one attached hydrogen (secondary N) is 1. The summed E-state index contributed by atoms with van der Waals surface area (Å²) in [7, 11) is -3.16. The summed E-state index contributed by atoms with van der Waals surface area (Å²) < 4.78 is 25.8. The van der Waals surface area contributed by atoms with Crippen molar-refractivity contribution in [3.63, 3.8) is 0 Å². The first-order valence-corrected chi connectivity index (χ1v) is 7.52. The molecule has 0 radical (unpaired) electrons. The van der Waals surface area contributed by atoms with Crippen LogP contribution >= 0.6 is 0 Å². The van der Waals surface area contributed by atoms with Gasteiger partial charge < -0.3 is 10.6 Å². The number of likely N-dealkylation sites (N-methyl/N-ethyl adjacent to an activating group) is 1. The minimum Gasteiger partial charge on any atom is -0.330 e. The molecular formula is C10H25N3O2S. The quantitative estimate of drug-likeness (QED) is 0.604. The van der Waals surface area contributed by atoms with Crippen molar-refractivity contribution < 1.29 is 8.42 Å². The summed E-state index contributed by atoms with van der Waals surface area (Å²) in [5.41, 5.74) is 5.29. The van der Waals surface area contributed by atoms with Crippen LogP contribution in [0, 0.1) is 0 Å². The Hall–Kier alpha value is -0.170. The fourth-order valence-electron chi connectivity index (χ4n) is 1.55. The molecule has 16 heavy (non-hydrogen) atoms. The SMILES string of the molecule is CCN(CC)CC(C)NS(=O)(=O)CCCN. The van der Waals surface area contributed by atoms with Crippen molar-refractivity contribution >= 4 is 10.0 Å². The molecule has 0 rings (SSSR count). The van der Waals surface area contributed by atoms with Crippen molar-refractivity contribution in [2.75, 3.05) is 31.9 Å². The lowest BCUT2D eigenvalue weighted by atomic mass is 10.3. The zero-order valence-corrected chi connectivity index (χ0v) is 11.4. The topological polar surface area (TPSA) is 75.4 Å². The zero-order valence-electron chi connectivity index (χ0n) is 10.6. The summed E-state index contributed by atoms with van der Waals surface area (Å²) in [5.74, 6) is 0.117. The smallest absolute Gasteiger partial charge is 0.211 e. The molecule has 1 unspecified atom stereocenters. The van der Waals surface area contributed by atoms with E-state index in [1.165, 1.54) is 0 Å². The van der Waals surface area contributed by atoms with E-state index in [-0.39, 0.29) is 11.8 Å². The Morgan fingerprint density at radius 3 is 2.31 bits per heavy atom. The lowest BCUT2D eigenvalue weighted by molar-refractivity contribution is 0.282. The van der Waals surface area contributed by atoms with Crippen molar-refractivity contribution in [2.45, 2.75) is 33.2 Å². The summed E-state index contributed by atoms with van der Waals surface area (Å²) in [6, 6.07) is -0.0531. The number of hydrogen-bond acceptors (Lipinski definition) is 4. The second kappa shape index (κ2) is 8.00. The van der Waals surface area contributed by atoms with Crippen LogP contribution in [0.5, 0.6) is 0 Å². The molecule has 0 saturated heterocycles. The molecule has 98 valence electrons. The molecule has 0 aliphatic heterocycles. The van der Waals surface area contributed by atoms with Crippen LogP contribution in [0.2, 0.25) is 0 Å². The predicted octanol–water partition coefficient (Wildman–Crippen LogP) is -0.0151. The molecule has 0 bridgehead atoms. The van der Waals surface area contributed by atoms with Gasteiger partial charge in [-0.3, -0.25) is 0 Å². The molecule has 0 aromatic heterocycles. The van der Waals surface area contributed by atoms with Gasteiger partial charge in [-0.25, -0.2) is 13.1 Å². The minimum absolute atomic E-state index is 0.0531. The minimum atomic E-state index is -3.16. The fraction of sp³-hybridized carbons (Fsp3) is 1.00. The first-order chi connectivity index (χ1) is 7.45. The van der Waals surface area contributed by atoms with Crippen LogP contribution in [0.25, 0.3) is 0 Å². The van der Waals surface area contributed by atoms with Crippen LogP contribution in [0.3, 0.4) is 0 Å². The highest BCUT2D eigenvalue weighted by Crippen LogP contribution is 1.96. The first kappa shape index (κ1) is 15.8. The Labute approximate surface area is 99.4 Å². The third-order valence-electron chi connectivity index (χ3n) is 2.42. The maximum absolute atomic E-state index is 11.6. The van der Waals surface area contributed by atoms with Crippen molar-refractivity contribution in [2.24, 2.45) is 5.73 Å². The molecule has 0 saturated carbocycles. The van der Waals surface area contributed by atoms with Gasteiger partial charge in [-0.2, -0.15) is 0 Å². The normalized spacial score (nSPS) is 14.3. The lowest BCUT2D eigenvalue weighted by Gasteiger charge is -2.23. The van der Waals surface area contributed by atoms with Crippen LogP contribution in [-0.4, -0.2) is 51.3 Å². The van der Waals surface area contributed by atoms with Gasteiger partial charge in [0.1, 0.15) is 0 Å². The van der Waals surface area contributed by atoms with E-state index in [1.807, 2.05) is 6.92 Å². The lowest BCUT2D eigenvalue weighted by Crippen LogP contribution is -2.42. The highest BCUT2D eigenvalue weighted by molar-refractivity contribution is 7.89. The maximum Gasteiger partial charge on any atom is 0.211 e. The number of rotatable bonds is 9. The van der Waals surface area contributed by atoms with E-state index in [0.29, 0.717) is 13.0 Å². The second-order valence-corrected chi connectivity index (χ2v) is 5.84. The average molecular weight is 251 g/mol. The molecule has 0 fully saturated rings. The molecule has 0 amide bonds. The molecule has 5 nitrogen and oxygen atoms in total. The van der Waals surface area contributed by atoms with Gasteiger partial charge >= 0.3 is 0 Å². The number of nitrogens with two attached hydrogens (primary N) is 1. The Bertz CT molecular complexity index is 263. The van der Waals surface area contributed by atoms with Crippen LogP contribution < -0.4 is 10.5 Å². The molecule has 0 aliphatic rings. The van der Waals surface area contributed by atoms with E-state index in [4.69, 9.17) is 5.73 Å². The highest BCUT2D eigenvalue weighted by atomic mass is 32.2. The van der Waals surface area contributed by atoms with E-state index < -0.39 is 10.0 Å². The molecule has 1 atom stereocenters. The molecule has 0 aromatic carbocycles. The Morgan fingerprint density at radius 1 is 1.31 bits per heavy atom. The molecule has 0 heterocycles. The number of nitrogens with zero attached hydrogens (tertiary/aromatic N) is 1. The monoisotopic (exact) mass is 251 g/mol. The van der Waals surface area contributed by atoms with Crippen molar-refractivity contribution in [3.05, 3.63) is 0 Å². The fourth-order valence-corrected chi connectivity index (χ4v) is 2.90. The maximum atomic E-state index is 11.6. The summed E-state index contributed by atoms with van der Waals surface area (Å²) in [5, 5.41) is 0. The van der Waals surface area contributed by atoms with Crippen molar-refractivity contribution in [1.82, 2.24) is 9.62 Å². The molecule has 0 spiro atoms. The van der Waals surface area contributed by atoms with Crippen molar-refractivity contribution in [3.8, 4) is 0 Å². The van der Waals surface area contributed by atoms with Gasteiger partial charge in [0, 0.05) is 12.6 Å². The van der Waals surface area contributed by atoms with Gasteiger partial charge in [-0.1, -0.05) is 13.8 Å². The van der Waals surface area contributed by atoms with Crippen LogP contribution in [0.4, 0.5) is 0 Å². The third kappa shape index (κ3) is 7.16. The average Bonchev–Trinajstić information content (AvgIpc) is 2.22. The summed E-state index contributed by atoms with van der Waals surface area (Å²) >= 11 is 0. The molecule has 6 heteroatoms. The van der Waals surface area contributed by atoms with Crippen molar-refractivity contribution in [1.29, 1.82) is 0 Å². The van der Waals surface area contributed by atoms with Gasteiger partial charge in [0.25, 0.3) is 0 Å². The second-order valence-electron chi connectivity index (χ2n) is 3.97. The van der Waals surface area contributed by atoms with Crippen LogP contribution in [-0.2, 0) is 10.0 Å². The van der Waals surface area contributed by atoms with E-state index in [0.717, 1.165) is 19.6 Å². The van der Waals surface area contributed by atoms with E-state index in [1.54, 1.807) is 0 Å². The van der Waals surface area contributed by atoms with Crippen LogP contribution in [0.1, 0.15) is 27.2 Å². The Balaban J connectivity index is 4.07. The zero-order chi connectivity index (χ0) is 12.6. The molecule has 0 aromatic rings. The highest BCUT2D eigenvalue weighted by Gasteiger charge is 2.15. The predicted molar refractivity (Wildman–Crippen MR) is 67.8 cm³/mol. The summed E-state index contributed by atoms with van der Waals surface area (Å²) in [6.45, 7) is 9.05. The van der Waals surface area contributed by atoms with E-state index in [9.17, 15) is 8.42 Å². The summed E-state index contributed by atoms with van der Waals surface area (Å²) in [4.78, 5) is 2.19. The first-order valence-electron chi connectivity index (χ1n) is 5.87. The van der Waals surface area contributed by atoms with Gasteiger partial charge in [-0.15, -0.1) is 0 Å².